The van der Waals surface area contributed by atoms with Crippen LogP contribution in [0.2, 0.25) is 0 Å². The number of nitrogens with zero attached hydrogens (tertiary/aromatic N) is 1. The summed E-state index contributed by atoms with van der Waals surface area (Å²) < 4.78 is 16.1. The van der Waals surface area contributed by atoms with E-state index in [1.807, 2.05) is 0 Å². The molecule has 21 heavy (non-hydrogen) atoms. The first-order valence-electron chi connectivity index (χ1n) is 6.16. The molecule has 6 nitrogen and oxygen atoms in total. The Morgan fingerprint density at radius 1 is 1.14 bits per heavy atom. The molecule has 0 aliphatic carbocycles. The van der Waals surface area contributed by atoms with Gasteiger partial charge in [0, 0.05) is 11.8 Å². The Labute approximate surface area is 121 Å². The van der Waals surface area contributed by atoms with Crippen LogP contribution in [-0.4, -0.2) is 30.3 Å². The zero-order chi connectivity index (χ0) is 15.4. The monoisotopic (exact) mass is 289 g/mol. The van der Waals surface area contributed by atoms with Crippen molar-refractivity contribution >= 4 is 5.97 Å². The third-order valence-corrected chi connectivity index (χ3v) is 2.77. The maximum Gasteiger partial charge on any atom is 0.335 e. The molecule has 0 unspecified atom stereocenters. The molecule has 2 aromatic rings. The minimum Gasteiger partial charge on any atom is -0.493 e. The van der Waals surface area contributed by atoms with E-state index < -0.39 is 5.97 Å². The summed E-state index contributed by atoms with van der Waals surface area (Å²) in [6.07, 6.45) is 0. The SMILES string of the molecule is COc1cccc(OC)c1Oc1cc(C(=O)O)cc(C)n1. The lowest BCUT2D eigenvalue weighted by atomic mass is 10.2. The Morgan fingerprint density at radius 3 is 2.29 bits per heavy atom. The Hall–Kier alpha value is -2.76. The van der Waals surface area contributed by atoms with Crippen molar-refractivity contribution in [2.24, 2.45) is 0 Å². The van der Waals surface area contributed by atoms with Crippen molar-refractivity contribution in [1.82, 2.24) is 4.98 Å². The van der Waals surface area contributed by atoms with E-state index in [4.69, 9.17) is 19.3 Å². The van der Waals surface area contributed by atoms with E-state index in [1.165, 1.54) is 26.4 Å². The van der Waals surface area contributed by atoms with Gasteiger partial charge < -0.3 is 19.3 Å². The number of methoxy groups -OCH3 is 2. The van der Waals surface area contributed by atoms with Gasteiger partial charge in [0.15, 0.2) is 11.5 Å². The second-order valence-electron chi connectivity index (χ2n) is 4.23. The molecule has 0 saturated carbocycles. The normalized spacial score (nSPS) is 10.0. The fourth-order valence-corrected chi connectivity index (χ4v) is 1.84. The molecular formula is C15H15NO5. The highest BCUT2D eigenvalue weighted by Gasteiger charge is 2.15. The lowest BCUT2D eigenvalue weighted by Crippen LogP contribution is -2.01. The largest absolute Gasteiger partial charge is 0.493 e. The van der Waals surface area contributed by atoms with E-state index in [-0.39, 0.29) is 11.4 Å². The molecule has 0 bridgehead atoms. The highest BCUT2D eigenvalue weighted by molar-refractivity contribution is 5.88. The number of carbonyl (C=O) groups is 1. The van der Waals surface area contributed by atoms with Crippen molar-refractivity contribution in [3.63, 3.8) is 0 Å². The van der Waals surface area contributed by atoms with Crippen LogP contribution in [0.25, 0.3) is 0 Å². The van der Waals surface area contributed by atoms with Gasteiger partial charge in [-0.2, -0.15) is 0 Å². The van der Waals surface area contributed by atoms with Gasteiger partial charge in [-0.3, -0.25) is 0 Å². The Kier molecular flexibility index (Phi) is 4.27. The van der Waals surface area contributed by atoms with Gasteiger partial charge in [-0.1, -0.05) is 6.07 Å². The predicted octanol–water partition coefficient (Wildman–Crippen LogP) is 2.90. The zero-order valence-corrected chi connectivity index (χ0v) is 11.9. The van der Waals surface area contributed by atoms with Crippen molar-refractivity contribution in [3.05, 3.63) is 41.6 Å². The molecule has 6 heteroatoms. The van der Waals surface area contributed by atoms with E-state index >= 15 is 0 Å². The standard InChI is InChI=1S/C15H15NO5/c1-9-7-10(15(17)18)8-13(16-9)21-14-11(19-2)5-4-6-12(14)20-3/h4-8H,1-3H3,(H,17,18). The molecule has 0 atom stereocenters. The van der Waals surface area contributed by atoms with E-state index in [0.29, 0.717) is 22.9 Å². The van der Waals surface area contributed by atoms with Crippen LogP contribution in [0.3, 0.4) is 0 Å². The van der Waals surface area contributed by atoms with Crippen LogP contribution in [0.4, 0.5) is 0 Å². The van der Waals surface area contributed by atoms with Crippen molar-refractivity contribution in [2.75, 3.05) is 14.2 Å². The summed E-state index contributed by atoms with van der Waals surface area (Å²) in [5.74, 6) is 0.397. The molecule has 0 spiro atoms. The summed E-state index contributed by atoms with van der Waals surface area (Å²) >= 11 is 0. The number of hydrogen-bond donors (Lipinski definition) is 1. The molecule has 0 saturated heterocycles. The summed E-state index contributed by atoms with van der Waals surface area (Å²) in [5.41, 5.74) is 0.644. The minimum atomic E-state index is -1.04. The number of aromatic carboxylic acids is 1. The zero-order valence-electron chi connectivity index (χ0n) is 11.9. The average molecular weight is 289 g/mol. The molecule has 0 amide bonds. The van der Waals surface area contributed by atoms with Gasteiger partial charge in [0.05, 0.1) is 19.8 Å². The first-order valence-corrected chi connectivity index (χ1v) is 6.16. The molecule has 110 valence electrons. The highest BCUT2D eigenvalue weighted by Crippen LogP contribution is 2.39. The number of aromatic nitrogens is 1. The fraction of sp³-hybridized carbons (Fsp3) is 0.200. The van der Waals surface area contributed by atoms with Crippen molar-refractivity contribution in [2.45, 2.75) is 6.92 Å². The molecule has 0 aliphatic rings. The fourth-order valence-electron chi connectivity index (χ4n) is 1.84. The molecule has 1 aromatic carbocycles. The molecule has 0 fully saturated rings. The van der Waals surface area contributed by atoms with Gasteiger partial charge in [-0.05, 0) is 25.1 Å². The van der Waals surface area contributed by atoms with Gasteiger partial charge in [0.1, 0.15) is 0 Å². The number of aryl methyl sites for hydroxylation is 1. The predicted molar refractivity (Wildman–Crippen MR) is 75.6 cm³/mol. The number of pyridine rings is 1. The smallest absolute Gasteiger partial charge is 0.335 e. The van der Waals surface area contributed by atoms with Crippen molar-refractivity contribution < 1.29 is 24.1 Å². The number of para-hydroxylation sites is 1. The van der Waals surface area contributed by atoms with Crippen LogP contribution in [-0.2, 0) is 0 Å². The number of benzene rings is 1. The van der Waals surface area contributed by atoms with E-state index in [9.17, 15) is 4.79 Å². The molecule has 2 rings (SSSR count). The maximum atomic E-state index is 11.1. The first kappa shape index (κ1) is 14.6. The van der Waals surface area contributed by atoms with Crippen LogP contribution in [0.1, 0.15) is 16.1 Å². The molecule has 0 radical (unpaired) electrons. The highest BCUT2D eigenvalue weighted by atomic mass is 16.5. The van der Waals surface area contributed by atoms with Gasteiger partial charge in [0.2, 0.25) is 11.6 Å². The summed E-state index contributed by atoms with van der Waals surface area (Å²) in [5, 5.41) is 9.07. The van der Waals surface area contributed by atoms with E-state index in [1.54, 1.807) is 25.1 Å². The third-order valence-electron chi connectivity index (χ3n) is 2.77. The van der Waals surface area contributed by atoms with E-state index in [0.717, 1.165) is 0 Å². The lowest BCUT2D eigenvalue weighted by Gasteiger charge is -2.13. The second kappa shape index (κ2) is 6.13. The summed E-state index contributed by atoms with van der Waals surface area (Å²) in [6, 6.07) is 8.00. The maximum absolute atomic E-state index is 11.1. The Bertz CT molecular complexity index is 647. The molecule has 1 aromatic heterocycles. The van der Waals surface area contributed by atoms with Crippen molar-refractivity contribution in [1.29, 1.82) is 0 Å². The number of carboxylic acids is 1. The number of hydrogen-bond acceptors (Lipinski definition) is 5. The van der Waals surface area contributed by atoms with Crippen LogP contribution in [0, 0.1) is 6.92 Å². The summed E-state index contributed by atoms with van der Waals surface area (Å²) in [7, 11) is 3.02. The van der Waals surface area contributed by atoms with Crippen LogP contribution in [0.15, 0.2) is 30.3 Å². The summed E-state index contributed by atoms with van der Waals surface area (Å²) in [4.78, 5) is 15.2. The number of rotatable bonds is 5. The summed E-state index contributed by atoms with van der Waals surface area (Å²) in [6.45, 7) is 1.69. The van der Waals surface area contributed by atoms with Gasteiger partial charge in [-0.25, -0.2) is 9.78 Å². The molecule has 1 N–H and O–H groups in total. The van der Waals surface area contributed by atoms with Crippen LogP contribution >= 0.6 is 0 Å². The molecule has 1 heterocycles. The van der Waals surface area contributed by atoms with Crippen LogP contribution < -0.4 is 14.2 Å². The van der Waals surface area contributed by atoms with Gasteiger partial charge in [0.25, 0.3) is 0 Å². The van der Waals surface area contributed by atoms with Gasteiger partial charge >= 0.3 is 5.97 Å². The second-order valence-corrected chi connectivity index (χ2v) is 4.23. The Morgan fingerprint density at radius 2 is 1.76 bits per heavy atom. The van der Waals surface area contributed by atoms with Crippen molar-refractivity contribution in [3.8, 4) is 23.1 Å². The Balaban J connectivity index is 2.45. The quantitative estimate of drug-likeness (QED) is 0.911. The molecule has 0 aliphatic heterocycles. The number of ether oxygens (including phenoxy) is 3. The number of carboxylic acid groups (broad SMARTS) is 1. The van der Waals surface area contributed by atoms with E-state index in [2.05, 4.69) is 4.98 Å². The van der Waals surface area contributed by atoms with Crippen LogP contribution in [0.5, 0.6) is 23.1 Å². The minimum absolute atomic E-state index is 0.103. The van der Waals surface area contributed by atoms with Gasteiger partial charge in [-0.15, -0.1) is 0 Å². The molecular weight excluding hydrogens is 274 g/mol. The lowest BCUT2D eigenvalue weighted by molar-refractivity contribution is 0.0696. The topological polar surface area (TPSA) is 77.9 Å². The average Bonchev–Trinajstić information content (AvgIpc) is 2.46. The first-order chi connectivity index (χ1) is 10.0. The third kappa shape index (κ3) is 3.22.